The van der Waals surface area contributed by atoms with Gasteiger partial charge in [-0.1, -0.05) is 13.8 Å². The van der Waals surface area contributed by atoms with Crippen molar-refractivity contribution >= 4 is 0 Å². The van der Waals surface area contributed by atoms with Gasteiger partial charge < -0.3 is 9.30 Å². The molecule has 3 nitrogen and oxygen atoms in total. The minimum absolute atomic E-state index is 0.394. The van der Waals surface area contributed by atoms with E-state index in [-0.39, 0.29) is 0 Å². The number of hydrogen-bond donors (Lipinski definition) is 0. The van der Waals surface area contributed by atoms with E-state index in [0.717, 1.165) is 13.2 Å². The molecule has 0 saturated carbocycles. The second kappa shape index (κ2) is 4.79. The second-order valence-corrected chi connectivity index (χ2v) is 4.58. The van der Waals surface area contributed by atoms with E-state index in [0.29, 0.717) is 12.0 Å². The summed E-state index contributed by atoms with van der Waals surface area (Å²) in [4.78, 5) is 4.39. The average Bonchev–Trinajstić information content (AvgIpc) is 2.67. The molecule has 0 amide bonds. The third kappa shape index (κ3) is 2.59. The van der Waals surface area contributed by atoms with Crippen LogP contribution in [0.15, 0.2) is 12.4 Å². The Labute approximate surface area is 91.5 Å². The maximum Gasteiger partial charge on any atom is 0.111 e. The first kappa shape index (κ1) is 10.7. The van der Waals surface area contributed by atoms with Crippen molar-refractivity contribution in [1.82, 2.24) is 9.55 Å². The maximum absolute atomic E-state index is 5.74. The number of rotatable bonds is 3. The van der Waals surface area contributed by atoms with Crippen molar-refractivity contribution in [2.45, 2.75) is 51.7 Å². The molecular weight excluding hydrogens is 188 g/mol. The zero-order valence-corrected chi connectivity index (χ0v) is 9.65. The molecule has 0 aliphatic carbocycles. The molecule has 1 aliphatic rings. The molecule has 2 heterocycles. The lowest BCUT2D eigenvalue weighted by Gasteiger charge is -2.24. The van der Waals surface area contributed by atoms with Crippen LogP contribution in [0.3, 0.4) is 0 Å². The van der Waals surface area contributed by atoms with Crippen molar-refractivity contribution in [3.8, 4) is 0 Å². The Hall–Kier alpha value is -0.830. The highest BCUT2D eigenvalue weighted by Gasteiger charge is 2.16. The second-order valence-electron chi connectivity index (χ2n) is 4.58. The standard InChI is InChI=1S/C12H20N2O/c1-10(2)12-13-6-7-14(12)9-11-5-3-4-8-15-11/h6-7,10-11H,3-5,8-9H2,1-2H3. The molecule has 1 aliphatic heterocycles. The van der Waals surface area contributed by atoms with E-state index >= 15 is 0 Å². The van der Waals surface area contributed by atoms with Gasteiger partial charge in [0, 0.05) is 24.9 Å². The lowest BCUT2D eigenvalue weighted by Crippen LogP contribution is -2.25. The number of imidazole rings is 1. The molecule has 0 spiro atoms. The molecule has 3 heteroatoms. The van der Waals surface area contributed by atoms with Gasteiger partial charge in [0.1, 0.15) is 5.82 Å². The minimum Gasteiger partial charge on any atom is -0.376 e. The van der Waals surface area contributed by atoms with Gasteiger partial charge in [-0.2, -0.15) is 0 Å². The number of aromatic nitrogens is 2. The quantitative estimate of drug-likeness (QED) is 0.763. The average molecular weight is 208 g/mol. The summed E-state index contributed by atoms with van der Waals surface area (Å²) < 4.78 is 7.97. The summed E-state index contributed by atoms with van der Waals surface area (Å²) in [5, 5.41) is 0. The lowest BCUT2D eigenvalue weighted by molar-refractivity contribution is 0.00544. The molecule has 0 N–H and O–H groups in total. The van der Waals surface area contributed by atoms with E-state index in [4.69, 9.17) is 4.74 Å². The smallest absolute Gasteiger partial charge is 0.111 e. The van der Waals surface area contributed by atoms with E-state index in [9.17, 15) is 0 Å². The Balaban J connectivity index is 1.99. The van der Waals surface area contributed by atoms with E-state index in [1.165, 1.54) is 25.1 Å². The molecule has 1 atom stereocenters. The van der Waals surface area contributed by atoms with Crippen molar-refractivity contribution in [3.63, 3.8) is 0 Å². The highest BCUT2D eigenvalue weighted by molar-refractivity contribution is 4.98. The molecule has 1 unspecified atom stereocenters. The van der Waals surface area contributed by atoms with Crippen molar-refractivity contribution in [2.75, 3.05) is 6.61 Å². The third-order valence-electron chi connectivity index (χ3n) is 2.94. The summed E-state index contributed by atoms with van der Waals surface area (Å²) in [5.74, 6) is 1.66. The summed E-state index contributed by atoms with van der Waals surface area (Å²) in [7, 11) is 0. The van der Waals surface area contributed by atoms with Crippen LogP contribution in [0, 0.1) is 0 Å². The zero-order chi connectivity index (χ0) is 10.7. The Morgan fingerprint density at radius 2 is 2.40 bits per heavy atom. The highest BCUT2D eigenvalue weighted by Crippen LogP contribution is 2.17. The van der Waals surface area contributed by atoms with Crippen LogP contribution >= 0.6 is 0 Å². The normalized spacial score (nSPS) is 22.2. The van der Waals surface area contributed by atoms with Gasteiger partial charge in [0.2, 0.25) is 0 Å². The summed E-state index contributed by atoms with van der Waals surface area (Å²) in [6.07, 6.45) is 8.06. The van der Waals surface area contributed by atoms with Crippen molar-refractivity contribution in [1.29, 1.82) is 0 Å². The molecule has 0 radical (unpaired) electrons. The topological polar surface area (TPSA) is 27.1 Å². The number of ether oxygens (including phenoxy) is 1. The van der Waals surface area contributed by atoms with Gasteiger partial charge in [0.05, 0.1) is 12.6 Å². The highest BCUT2D eigenvalue weighted by atomic mass is 16.5. The van der Waals surface area contributed by atoms with E-state index in [1.54, 1.807) is 0 Å². The first-order valence-corrected chi connectivity index (χ1v) is 5.90. The van der Waals surface area contributed by atoms with E-state index < -0.39 is 0 Å². The Kier molecular flexibility index (Phi) is 3.41. The van der Waals surface area contributed by atoms with Crippen molar-refractivity contribution in [3.05, 3.63) is 18.2 Å². The molecule has 1 saturated heterocycles. The summed E-state index contributed by atoms with van der Waals surface area (Å²) in [6, 6.07) is 0. The molecular formula is C12H20N2O. The molecule has 0 aromatic carbocycles. The van der Waals surface area contributed by atoms with Crippen LogP contribution in [0.25, 0.3) is 0 Å². The van der Waals surface area contributed by atoms with Gasteiger partial charge in [-0.15, -0.1) is 0 Å². The molecule has 15 heavy (non-hydrogen) atoms. The fourth-order valence-electron chi connectivity index (χ4n) is 2.15. The Morgan fingerprint density at radius 1 is 1.53 bits per heavy atom. The monoisotopic (exact) mass is 208 g/mol. The fourth-order valence-corrected chi connectivity index (χ4v) is 2.15. The van der Waals surface area contributed by atoms with Gasteiger partial charge in [0.15, 0.2) is 0 Å². The fraction of sp³-hybridized carbons (Fsp3) is 0.750. The molecule has 84 valence electrons. The van der Waals surface area contributed by atoms with E-state index in [2.05, 4.69) is 29.6 Å². The van der Waals surface area contributed by atoms with E-state index in [1.807, 2.05) is 6.20 Å². The SMILES string of the molecule is CC(C)c1nccn1CC1CCCCO1. The maximum atomic E-state index is 5.74. The predicted molar refractivity (Wildman–Crippen MR) is 59.9 cm³/mol. The molecule has 1 aromatic heterocycles. The molecule has 0 bridgehead atoms. The summed E-state index contributed by atoms with van der Waals surface area (Å²) >= 11 is 0. The molecule has 2 rings (SSSR count). The summed E-state index contributed by atoms with van der Waals surface area (Å²) in [6.45, 7) is 6.25. The first-order chi connectivity index (χ1) is 7.27. The Bertz CT molecular complexity index is 300. The summed E-state index contributed by atoms with van der Waals surface area (Å²) in [5.41, 5.74) is 0. The van der Waals surface area contributed by atoms with Crippen LogP contribution in [-0.4, -0.2) is 22.3 Å². The van der Waals surface area contributed by atoms with Crippen LogP contribution in [-0.2, 0) is 11.3 Å². The van der Waals surface area contributed by atoms with Crippen molar-refractivity contribution in [2.24, 2.45) is 0 Å². The van der Waals surface area contributed by atoms with Crippen LogP contribution in [0.5, 0.6) is 0 Å². The first-order valence-electron chi connectivity index (χ1n) is 5.90. The van der Waals surface area contributed by atoms with Gasteiger partial charge >= 0.3 is 0 Å². The van der Waals surface area contributed by atoms with Crippen LogP contribution in [0.4, 0.5) is 0 Å². The number of hydrogen-bond acceptors (Lipinski definition) is 2. The Morgan fingerprint density at radius 3 is 3.07 bits per heavy atom. The van der Waals surface area contributed by atoms with Gasteiger partial charge in [-0.05, 0) is 19.3 Å². The van der Waals surface area contributed by atoms with Crippen LogP contribution < -0.4 is 0 Å². The molecule has 1 fully saturated rings. The largest absolute Gasteiger partial charge is 0.376 e. The van der Waals surface area contributed by atoms with Gasteiger partial charge in [-0.3, -0.25) is 0 Å². The van der Waals surface area contributed by atoms with Gasteiger partial charge in [-0.25, -0.2) is 4.98 Å². The minimum atomic E-state index is 0.394. The van der Waals surface area contributed by atoms with Crippen molar-refractivity contribution < 1.29 is 4.74 Å². The number of nitrogens with zero attached hydrogens (tertiary/aromatic N) is 2. The lowest BCUT2D eigenvalue weighted by atomic mass is 10.1. The third-order valence-corrected chi connectivity index (χ3v) is 2.94. The predicted octanol–water partition coefficient (Wildman–Crippen LogP) is 2.58. The van der Waals surface area contributed by atoms with Crippen LogP contribution in [0.2, 0.25) is 0 Å². The van der Waals surface area contributed by atoms with Crippen LogP contribution in [0.1, 0.15) is 44.9 Å². The zero-order valence-electron chi connectivity index (χ0n) is 9.65. The van der Waals surface area contributed by atoms with Gasteiger partial charge in [0.25, 0.3) is 0 Å². The molecule has 1 aromatic rings.